The molecule has 0 aliphatic heterocycles. The molecular formula is C12H23N3O2S2. The van der Waals surface area contributed by atoms with Crippen molar-refractivity contribution >= 4 is 21.8 Å². The molecule has 0 spiro atoms. The fourth-order valence-electron chi connectivity index (χ4n) is 1.80. The van der Waals surface area contributed by atoms with E-state index in [2.05, 4.69) is 11.6 Å². The zero-order valence-electron chi connectivity index (χ0n) is 11.7. The first kappa shape index (κ1) is 16.6. The second-order valence-electron chi connectivity index (χ2n) is 4.34. The lowest BCUT2D eigenvalue weighted by atomic mass is 10.4. The van der Waals surface area contributed by atoms with E-state index < -0.39 is 10.0 Å². The van der Waals surface area contributed by atoms with E-state index >= 15 is 0 Å². The Labute approximate surface area is 120 Å². The first-order valence-corrected chi connectivity index (χ1v) is 9.07. The molecule has 110 valence electrons. The molecule has 0 radical (unpaired) electrons. The maximum Gasteiger partial charge on any atom is 0.242 e. The molecule has 0 aliphatic rings. The molecule has 0 saturated carbocycles. The van der Waals surface area contributed by atoms with Gasteiger partial charge in [-0.25, -0.2) is 13.1 Å². The van der Waals surface area contributed by atoms with E-state index in [0.717, 1.165) is 17.2 Å². The summed E-state index contributed by atoms with van der Waals surface area (Å²) in [5.74, 6) is 1.75. The van der Waals surface area contributed by atoms with Crippen LogP contribution in [0.5, 0.6) is 0 Å². The molecule has 1 unspecified atom stereocenters. The predicted octanol–water partition coefficient (Wildman–Crippen LogP) is 1.39. The molecule has 5 nitrogen and oxygen atoms in total. The molecule has 19 heavy (non-hydrogen) atoms. The van der Waals surface area contributed by atoms with Gasteiger partial charge in [-0.15, -0.1) is 0 Å². The number of nitrogens with two attached hydrogens (primary N) is 1. The number of hydrogen-bond donors (Lipinski definition) is 2. The summed E-state index contributed by atoms with van der Waals surface area (Å²) in [4.78, 5) is 0.295. The Balaban J connectivity index is 2.85. The van der Waals surface area contributed by atoms with Crippen molar-refractivity contribution in [1.29, 1.82) is 0 Å². The van der Waals surface area contributed by atoms with Gasteiger partial charge in [0.2, 0.25) is 10.0 Å². The third-order valence-corrected chi connectivity index (χ3v) is 5.45. The van der Waals surface area contributed by atoms with Crippen molar-refractivity contribution in [2.75, 3.05) is 11.5 Å². The number of rotatable bonds is 8. The fourth-order valence-corrected chi connectivity index (χ4v) is 3.88. The van der Waals surface area contributed by atoms with Gasteiger partial charge in [-0.2, -0.15) is 11.8 Å². The first-order chi connectivity index (χ1) is 8.94. The summed E-state index contributed by atoms with van der Waals surface area (Å²) >= 11 is 1.72. The minimum Gasteiger partial charge on any atom is -0.349 e. The van der Waals surface area contributed by atoms with Gasteiger partial charge in [0.05, 0.1) is 4.90 Å². The van der Waals surface area contributed by atoms with Crippen molar-refractivity contribution in [3.05, 3.63) is 18.0 Å². The summed E-state index contributed by atoms with van der Waals surface area (Å²) in [6, 6.07) is 1.56. The van der Waals surface area contributed by atoms with Gasteiger partial charge in [0, 0.05) is 36.8 Å². The van der Waals surface area contributed by atoms with Gasteiger partial charge >= 0.3 is 0 Å². The highest BCUT2D eigenvalue weighted by Gasteiger charge is 2.20. The zero-order valence-corrected chi connectivity index (χ0v) is 13.4. The topological polar surface area (TPSA) is 77.1 Å². The number of hydrogen-bond acceptors (Lipinski definition) is 4. The van der Waals surface area contributed by atoms with Gasteiger partial charge in [0.1, 0.15) is 0 Å². The number of thioether (sulfide) groups is 1. The smallest absolute Gasteiger partial charge is 0.242 e. The van der Waals surface area contributed by atoms with Crippen molar-refractivity contribution < 1.29 is 8.42 Å². The third-order valence-electron chi connectivity index (χ3n) is 2.75. The SMILES string of the molecule is CCSCC(C)NS(=O)(=O)c1cc(CN)n(CC)c1. The zero-order chi connectivity index (χ0) is 14.5. The average molecular weight is 305 g/mol. The molecule has 1 aromatic heterocycles. The average Bonchev–Trinajstić information content (AvgIpc) is 2.79. The standard InChI is InChI=1S/C12H23N3O2S2/c1-4-15-8-12(6-11(15)7-13)19(16,17)14-10(3)9-18-5-2/h6,8,10,14H,4-5,7,9,13H2,1-3H3. The summed E-state index contributed by atoms with van der Waals surface area (Å²) in [5.41, 5.74) is 6.44. The number of nitrogens with zero attached hydrogens (tertiary/aromatic N) is 1. The lowest BCUT2D eigenvalue weighted by molar-refractivity contribution is 0.570. The van der Waals surface area contributed by atoms with Gasteiger partial charge in [-0.05, 0) is 25.7 Å². The molecule has 0 amide bonds. The summed E-state index contributed by atoms with van der Waals surface area (Å²) in [6.07, 6.45) is 1.64. The van der Waals surface area contributed by atoms with Gasteiger partial charge in [-0.1, -0.05) is 6.92 Å². The molecule has 3 N–H and O–H groups in total. The normalized spacial score (nSPS) is 13.7. The highest BCUT2D eigenvalue weighted by molar-refractivity contribution is 7.99. The van der Waals surface area contributed by atoms with Crippen LogP contribution >= 0.6 is 11.8 Å². The minimum absolute atomic E-state index is 0.0822. The molecule has 0 bridgehead atoms. The quantitative estimate of drug-likeness (QED) is 0.761. The van der Waals surface area contributed by atoms with Crippen molar-refractivity contribution in [1.82, 2.24) is 9.29 Å². The van der Waals surface area contributed by atoms with Gasteiger partial charge < -0.3 is 10.3 Å². The minimum atomic E-state index is -3.45. The Hall–Kier alpha value is -0.500. The molecule has 0 saturated heterocycles. The Morgan fingerprint density at radius 1 is 1.47 bits per heavy atom. The lowest BCUT2D eigenvalue weighted by Crippen LogP contribution is -2.34. The molecule has 1 aromatic rings. The largest absolute Gasteiger partial charge is 0.349 e. The van der Waals surface area contributed by atoms with Crippen molar-refractivity contribution in [3.8, 4) is 0 Å². The van der Waals surface area contributed by atoms with E-state index in [1.807, 2.05) is 18.4 Å². The first-order valence-electron chi connectivity index (χ1n) is 6.43. The van der Waals surface area contributed by atoms with Crippen LogP contribution in [0.2, 0.25) is 0 Å². The van der Waals surface area contributed by atoms with Crippen molar-refractivity contribution in [2.24, 2.45) is 5.73 Å². The number of aryl methyl sites for hydroxylation is 1. The van der Waals surface area contributed by atoms with Gasteiger partial charge in [-0.3, -0.25) is 0 Å². The van der Waals surface area contributed by atoms with Gasteiger partial charge in [0.15, 0.2) is 0 Å². The van der Waals surface area contributed by atoms with Crippen LogP contribution in [0.4, 0.5) is 0 Å². The van der Waals surface area contributed by atoms with Gasteiger partial charge in [0.25, 0.3) is 0 Å². The number of nitrogens with one attached hydrogen (secondary N) is 1. The van der Waals surface area contributed by atoms with E-state index in [9.17, 15) is 8.42 Å². The molecule has 0 aliphatic carbocycles. The highest BCUT2D eigenvalue weighted by Crippen LogP contribution is 2.15. The maximum absolute atomic E-state index is 12.2. The lowest BCUT2D eigenvalue weighted by Gasteiger charge is -2.12. The molecule has 0 aromatic carbocycles. The highest BCUT2D eigenvalue weighted by atomic mass is 32.2. The van der Waals surface area contributed by atoms with Crippen LogP contribution in [-0.4, -0.2) is 30.5 Å². The van der Waals surface area contributed by atoms with E-state index in [-0.39, 0.29) is 6.04 Å². The van der Waals surface area contributed by atoms with Crippen molar-refractivity contribution in [3.63, 3.8) is 0 Å². The Morgan fingerprint density at radius 3 is 2.63 bits per heavy atom. The second-order valence-corrected chi connectivity index (χ2v) is 7.37. The van der Waals surface area contributed by atoms with Crippen LogP contribution in [-0.2, 0) is 23.1 Å². The monoisotopic (exact) mass is 305 g/mol. The van der Waals surface area contributed by atoms with E-state index in [0.29, 0.717) is 18.0 Å². The van der Waals surface area contributed by atoms with Crippen LogP contribution in [0.1, 0.15) is 26.5 Å². The molecule has 7 heteroatoms. The maximum atomic E-state index is 12.2. The Morgan fingerprint density at radius 2 is 2.16 bits per heavy atom. The Kier molecular flexibility index (Phi) is 6.38. The molecule has 1 atom stereocenters. The van der Waals surface area contributed by atoms with Crippen LogP contribution in [0, 0.1) is 0 Å². The number of sulfonamides is 1. The molecule has 0 fully saturated rings. The van der Waals surface area contributed by atoms with E-state index in [4.69, 9.17) is 5.73 Å². The van der Waals surface area contributed by atoms with Crippen molar-refractivity contribution in [2.45, 2.75) is 44.8 Å². The molecule has 1 heterocycles. The van der Waals surface area contributed by atoms with Crippen LogP contribution in [0.25, 0.3) is 0 Å². The third kappa shape index (κ3) is 4.52. The van der Waals surface area contributed by atoms with Crippen LogP contribution in [0.15, 0.2) is 17.2 Å². The molecular weight excluding hydrogens is 282 g/mol. The summed E-state index contributed by atoms with van der Waals surface area (Å²) in [5, 5.41) is 0. The number of aromatic nitrogens is 1. The summed E-state index contributed by atoms with van der Waals surface area (Å²) < 4.78 is 29.0. The summed E-state index contributed by atoms with van der Waals surface area (Å²) in [7, 11) is -3.45. The van der Waals surface area contributed by atoms with Crippen LogP contribution < -0.4 is 10.5 Å². The fraction of sp³-hybridized carbons (Fsp3) is 0.667. The Bertz CT molecular complexity index is 476. The predicted molar refractivity (Wildman–Crippen MR) is 80.8 cm³/mol. The second kappa shape index (κ2) is 7.33. The van der Waals surface area contributed by atoms with Crippen LogP contribution in [0.3, 0.4) is 0 Å². The van der Waals surface area contributed by atoms with E-state index in [1.54, 1.807) is 24.0 Å². The summed E-state index contributed by atoms with van der Waals surface area (Å²) in [6.45, 7) is 6.94. The van der Waals surface area contributed by atoms with E-state index in [1.165, 1.54) is 0 Å². The molecule has 1 rings (SSSR count).